The van der Waals surface area contributed by atoms with Gasteiger partial charge in [-0.15, -0.1) is 0 Å². The highest BCUT2D eigenvalue weighted by Crippen LogP contribution is 2.31. The number of aryl methyl sites for hydroxylation is 1. The van der Waals surface area contributed by atoms with Crippen molar-refractivity contribution in [3.63, 3.8) is 0 Å². The van der Waals surface area contributed by atoms with E-state index in [0.29, 0.717) is 0 Å². The lowest BCUT2D eigenvalue weighted by molar-refractivity contribution is 0.122. The fourth-order valence-corrected chi connectivity index (χ4v) is 1.88. The van der Waals surface area contributed by atoms with Crippen LogP contribution < -0.4 is 0 Å². The Morgan fingerprint density at radius 2 is 2.17 bits per heavy atom. The minimum atomic E-state index is 0.231. The first-order chi connectivity index (χ1) is 5.92. The van der Waals surface area contributed by atoms with E-state index in [-0.39, 0.29) is 6.10 Å². The Morgan fingerprint density at radius 1 is 1.33 bits per heavy atom. The normalized spacial score (nSPS) is 21.9. The molecule has 1 unspecified atom stereocenters. The van der Waals surface area contributed by atoms with Gasteiger partial charge >= 0.3 is 0 Å². The van der Waals surface area contributed by atoms with Crippen molar-refractivity contribution in [3.05, 3.63) is 42.5 Å². The van der Waals surface area contributed by atoms with Crippen LogP contribution in [0, 0.1) is 7.11 Å². The van der Waals surface area contributed by atoms with Crippen LogP contribution in [0.1, 0.15) is 30.1 Å². The summed E-state index contributed by atoms with van der Waals surface area (Å²) in [4.78, 5) is 0. The molecule has 0 saturated heterocycles. The van der Waals surface area contributed by atoms with E-state index in [2.05, 4.69) is 31.4 Å². The minimum Gasteiger partial charge on any atom is -0.371 e. The average molecular weight is 161 g/mol. The van der Waals surface area contributed by atoms with Crippen LogP contribution in [-0.4, -0.2) is 0 Å². The maximum atomic E-state index is 5.17. The van der Waals surface area contributed by atoms with E-state index in [4.69, 9.17) is 4.74 Å². The minimum absolute atomic E-state index is 0.231. The van der Waals surface area contributed by atoms with Gasteiger partial charge in [-0.3, -0.25) is 0 Å². The van der Waals surface area contributed by atoms with Gasteiger partial charge in [0, 0.05) is 0 Å². The van der Waals surface area contributed by atoms with E-state index in [1.165, 1.54) is 24.0 Å². The van der Waals surface area contributed by atoms with Crippen molar-refractivity contribution < 1.29 is 4.74 Å². The first kappa shape index (κ1) is 7.81. The zero-order chi connectivity index (χ0) is 8.39. The highest BCUT2D eigenvalue weighted by atomic mass is 16.5. The van der Waals surface area contributed by atoms with Crippen LogP contribution in [-0.2, 0) is 11.2 Å². The Balaban J connectivity index is 2.37. The molecule has 1 aromatic carbocycles. The zero-order valence-corrected chi connectivity index (χ0v) is 7.12. The maximum absolute atomic E-state index is 5.17. The van der Waals surface area contributed by atoms with Gasteiger partial charge < -0.3 is 4.74 Å². The third-order valence-corrected chi connectivity index (χ3v) is 2.52. The molecule has 0 aromatic heterocycles. The summed E-state index contributed by atoms with van der Waals surface area (Å²) >= 11 is 0. The molecule has 1 aromatic rings. The molecule has 2 rings (SSSR count). The molecular formula is C11H13O. The van der Waals surface area contributed by atoms with E-state index >= 15 is 0 Å². The van der Waals surface area contributed by atoms with Gasteiger partial charge in [0.05, 0.1) is 13.2 Å². The number of rotatable bonds is 1. The molecule has 1 atom stereocenters. The Hall–Kier alpha value is -0.820. The van der Waals surface area contributed by atoms with Gasteiger partial charge in [-0.2, -0.15) is 0 Å². The largest absolute Gasteiger partial charge is 0.371 e. The molecule has 1 radical (unpaired) electrons. The molecule has 12 heavy (non-hydrogen) atoms. The molecule has 0 N–H and O–H groups in total. The van der Waals surface area contributed by atoms with E-state index < -0.39 is 0 Å². The van der Waals surface area contributed by atoms with Crippen LogP contribution in [0.25, 0.3) is 0 Å². The molecule has 1 heteroatoms. The fraction of sp³-hybridized carbons (Fsp3) is 0.364. The summed E-state index contributed by atoms with van der Waals surface area (Å²) in [6.07, 6.45) is 3.75. The topological polar surface area (TPSA) is 9.23 Å². The third-order valence-electron chi connectivity index (χ3n) is 2.52. The number of hydrogen-bond acceptors (Lipinski definition) is 1. The molecule has 1 aliphatic carbocycles. The molecule has 0 bridgehead atoms. The van der Waals surface area contributed by atoms with Crippen molar-refractivity contribution in [2.75, 3.05) is 0 Å². The highest BCUT2D eigenvalue weighted by Gasteiger charge is 2.18. The lowest BCUT2D eigenvalue weighted by Crippen LogP contribution is -2.10. The molecule has 1 nitrogen and oxygen atoms in total. The van der Waals surface area contributed by atoms with Gasteiger partial charge in [-0.05, 0) is 30.4 Å². The Morgan fingerprint density at radius 3 is 3.00 bits per heavy atom. The smallest absolute Gasteiger partial charge is 0.0828 e. The quantitative estimate of drug-likeness (QED) is 0.615. The Kier molecular flexibility index (Phi) is 2.13. The maximum Gasteiger partial charge on any atom is 0.0828 e. The molecule has 1 aliphatic rings. The summed E-state index contributed by atoms with van der Waals surface area (Å²) in [5, 5.41) is 0. The number of benzene rings is 1. The number of ether oxygens (including phenoxy) is 1. The van der Waals surface area contributed by atoms with Crippen molar-refractivity contribution in [1.82, 2.24) is 0 Å². The van der Waals surface area contributed by atoms with E-state index in [1.807, 2.05) is 0 Å². The second-order valence-electron chi connectivity index (χ2n) is 3.25. The molecular weight excluding hydrogens is 148 g/mol. The zero-order valence-electron chi connectivity index (χ0n) is 7.12. The van der Waals surface area contributed by atoms with Gasteiger partial charge in [0.1, 0.15) is 0 Å². The van der Waals surface area contributed by atoms with Crippen molar-refractivity contribution in [3.8, 4) is 0 Å². The lowest BCUT2D eigenvalue weighted by atomic mass is 9.89. The van der Waals surface area contributed by atoms with Crippen molar-refractivity contribution in [1.29, 1.82) is 0 Å². The van der Waals surface area contributed by atoms with Crippen LogP contribution in [0.2, 0.25) is 0 Å². The molecule has 0 spiro atoms. The predicted molar refractivity (Wildman–Crippen MR) is 48.6 cm³/mol. The SMILES string of the molecule is [CH2]OC1CCCc2ccccc21. The van der Waals surface area contributed by atoms with Gasteiger partial charge in [0.25, 0.3) is 0 Å². The number of fused-ring (bicyclic) bond motifs is 1. The van der Waals surface area contributed by atoms with Gasteiger partial charge in [-0.25, -0.2) is 0 Å². The van der Waals surface area contributed by atoms with Gasteiger partial charge in [0.15, 0.2) is 0 Å². The van der Waals surface area contributed by atoms with Crippen molar-refractivity contribution in [2.24, 2.45) is 0 Å². The molecule has 0 fully saturated rings. The summed E-state index contributed by atoms with van der Waals surface area (Å²) in [6.45, 7) is 0. The van der Waals surface area contributed by atoms with Gasteiger partial charge in [-0.1, -0.05) is 24.3 Å². The predicted octanol–water partition coefficient (Wildman–Crippen LogP) is 2.87. The van der Waals surface area contributed by atoms with Crippen LogP contribution in [0.15, 0.2) is 24.3 Å². The second-order valence-corrected chi connectivity index (χ2v) is 3.25. The van der Waals surface area contributed by atoms with E-state index in [9.17, 15) is 0 Å². The lowest BCUT2D eigenvalue weighted by Gasteiger charge is -2.23. The van der Waals surface area contributed by atoms with Crippen LogP contribution >= 0.6 is 0 Å². The van der Waals surface area contributed by atoms with Crippen molar-refractivity contribution in [2.45, 2.75) is 25.4 Å². The fourth-order valence-electron chi connectivity index (χ4n) is 1.88. The van der Waals surface area contributed by atoms with Gasteiger partial charge in [0.2, 0.25) is 0 Å². The first-order valence-electron chi connectivity index (χ1n) is 4.40. The molecule has 0 saturated carbocycles. The van der Waals surface area contributed by atoms with E-state index in [0.717, 1.165) is 6.42 Å². The van der Waals surface area contributed by atoms with Crippen molar-refractivity contribution >= 4 is 0 Å². The second kappa shape index (κ2) is 3.28. The Labute approximate surface area is 73.4 Å². The summed E-state index contributed by atoms with van der Waals surface area (Å²) in [5.74, 6) is 0. The van der Waals surface area contributed by atoms with Crippen LogP contribution in [0.4, 0.5) is 0 Å². The summed E-state index contributed by atoms with van der Waals surface area (Å²) < 4.78 is 5.17. The molecule has 0 heterocycles. The monoisotopic (exact) mass is 161 g/mol. The molecule has 0 aliphatic heterocycles. The summed E-state index contributed by atoms with van der Waals surface area (Å²) in [6, 6.07) is 8.48. The van der Waals surface area contributed by atoms with Crippen LogP contribution in [0.3, 0.4) is 0 Å². The average Bonchev–Trinajstić information content (AvgIpc) is 2.17. The summed E-state index contributed by atoms with van der Waals surface area (Å²) in [5.41, 5.74) is 2.76. The molecule has 63 valence electrons. The molecule has 0 amide bonds. The summed E-state index contributed by atoms with van der Waals surface area (Å²) in [7, 11) is 3.51. The first-order valence-corrected chi connectivity index (χ1v) is 4.40. The number of hydrogen-bond donors (Lipinski definition) is 0. The standard InChI is InChI=1S/C11H13O/c1-12-11-8-4-6-9-5-2-3-7-10(9)11/h2-3,5,7,11H,1,4,6,8H2. The van der Waals surface area contributed by atoms with E-state index in [1.54, 1.807) is 0 Å². The third kappa shape index (κ3) is 1.25. The Bertz CT molecular complexity index is 267. The highest BCUT2D eigenvalue weighted by molar-refractivity contribution is 5.31. The van der Waals surface area contributed by atoms with Crippen LogP contribution in [0.5, 0.6) is 0 Å².